The molecule has 0 spiro atoms. The lowest BCUT2D eigenvalue weighted by Gasteiger charge is -2.35. The summed E-state index contributed by atoms with van der Waals surface area (Å²) in [6, 6.07) is 0.156. The number of hydrogen-bond acceptors (Lipinski definition) is 3. The van der Waals surface area contributed by atoms with Crippen molar-refractivity contribution in [3.05, 3.63) is 0 Å². The molecule has 0 aliphatic carbocycles. The molecule has 0 aromatic rings. The molecule has 1 fully saturated rings. The average Bonchev–Trinajstić information content (AvgIpc) is 1.99. The predicted octanol–water partition coefficient (Wildman–Crippen LogP) is 0.566. The van der Waals surface area contributed by atoms with Crippen LogP contribution in [0.1, 0.15) is 19.8 Å². The Bertz CT molecular complexity index is 155. The number of likely N-dealkylation sites (tertiary alicyclic amines) is 1. The van der Waals surface area contributed by atoms with Crippen LogP contribution in [0.25, 0.3) is 0 Å². The van der Waals surface area contributed by atoms with Crippen molar-refractivity contribution in [2.75, 3.05) is 19.7 Å². The highest BCUT2D eigenvalue weighted by Gasteiger charge is 2.28. The third-order valence-corrected chi connectivity index (χ3v) is 1.89. The molecule has 1 aliphatic heterocycles. The standard InChI is InChI=1S/C8H16N2O2/c1-2-3-4-12-8(11)10-5-7(9)6-10/h7H,2-6,9H2,1H3. The highest BCUT2D eigenvalue weighted by atomic mass is 16.6. The maximum atomic E-state index is 11.1. The molecule has 4 heteroatoms. The van der Waals surface area contributed by atoms with E-state index in [1.165, 1.54) is 0 Å². The van der Waals surface area contributed by atoms with E-state index >= 15 is 0 Å². The van der Waals surface area contributed by atoms with Crippen molar-refractivity contribution in [1.82, 2.24) is 4.90 Å². The van der Waals surface area contributed by atoms with Crippen molar-refractivity contribution < 1.29 is 9.53 Å². The summed E-state index contributed by atoms with van der Waals surface area (Å²) >= 11 is 0. The van der Waals surface area contributed by atoms with Crippen molar-refractivity contribution in [3.8, 4) is 0 Å². The zero-order valence-corrected chi connectivity index (χ0v) is 7.45. The van der Waals surface area contributed by atoms with E-state index in [1.807, 2.05) is 0 Å². The summed E-state index contributed by atoms with van der Waals surface area (Å²) in [5.41, 5.74) is 5.51. The van der Waals surface area contributed by atoms with E-state index in [1.54, 1.807) is 4.90 Å². The van der Waals surface area contributed by atoms with Gasteiger partial charge in [0.05, 0.1) is 6.61 Å². The van der Waals surface area contributed by atoms with Crippen molar-refractivity contribution in [1.29, 1.82) is 0 Å². The van der Waals surface area contributed by atoms with Gasteiger partial charge in [-0.25, -0.2) is 4.79 Å². The van der Waals surface area contributed by atoms with Crippen LogP contribution in [0.3, 0.4) is 0 Å². The van der Waals surface area contributed by atoms with Crippen LogP contribution in [0.4, 0.5) is 4.79 Å². The minimum atomic E-state index is -0.217. The minimum Gasteiger partial charge on any atom is -0.449 e. The van der Waals surface area contributed by atoms with Crippen molar-refractivity contribution in [3.63, 3.8) is 0 Å². The van der Waals surface area contributed by atoms with Gasteiger partial charge in [0.1, 0.15) is 0 Å². The van der Waals surface area contributed by atoms with Gasteiger partial charge in [0.2, 0.25) is 0 Å². The van der Waals surface area contributed by atoms with E-state index in [2.05, 4.69) is 6.92 Å². The summed E-state index contributed by atoms with van der Waals surface area (Å²) in [5, 5.41) is 0. The number of nitrogens with two attached hydrogens (primary N) is 1. The second kappa shape index (κ2) is 4.30. The summed E-state index contributed by atoms with van der Waals surface area (Å²) in [7, 11) is 0. The highest BCUT2D eigenvalue weighted by Crippen LogP contribution is 2.07. The SMILES string of the molecule is CCCCOC(=O)N1CC(N)C1. The molecular formula is C8H16N2O2. The Kier molecular flexibility index (Phi) is 3.34. The number of hydrogen-bond donors (Lipinski definition) is 1. The molecule has 0 unspecified atom stereocenters. The van der Waals surface area contributed by atoms with Crippen LogP contribution in [0, 0.1) is 0 Å². The van der Waals surface area contributed by atoms with Gasteiger partial charge >= 0.3 is 6.09 Å². The number of unbranched alkanes of at least 4 members (excludes halogenated alkanes) is 1. The second-order valence-corrected chi connectivity index (χ2v) is 3.13. The van der Waals surface area contributed by atoms with Crippen LogP contribution in [0.5, 0.6) is 0 Å². The third kappa shape index (κ3) is 2.37. The molecule has 4 nitrogen and oxygen atoms in total. The first-order valence-corrected chi connectivity index (χ1v) is 4.41. The Labute approximate surface area is 72.7 Å². The molecule has 0 radical (unpaired) electrons. The van der Waals surface area contributed by atoms with Crippen molar-refractivity contribution >= 4 is 6.09 Å². The van der Waals surface area contributed by atoms with Crippen LogP contribution >= 0.6 is 0 Å². The molecule has 0 saturated carbocycles. The molecule has 0 atom stereocenters. The van der Waals surface area contributed by atoms with Crippen LogP contribution in [-0.4, -0.2) is 36.7 Å². The number of amides is 1. The first-order chi connectivity index (χ1) is 5.74. The molecule has 1 saturated heterocycles. The molecule has 0 aromatic carbocycles. The molecule has 70 valence electrons. The van der Waals surface area contributed by atoms with Gasteiger partial charge in [0, 0.05) is 19.1 Å². The lowest BCUT2D eigenvalue weighted by atomic mass is 10.1. The quantitative estimate of drug-likeness (QED) is 0.633. The van der Waals surface area contributed by atoms with E-state index in [-0.39, 0.29) is 12.1 Å². The lowest BCUT2D eigenvalue weighted by molar-refractivity contribution is 0.0716. The van der Waals surface area contributed by atoms with E-state index in [0.29, 0.717) is 19.7 Å². The molecule has 1 amide bonds. The van der Waals surface area contributed by atoms with Gasteiger partial charge < -0.3 is 15.4 Å². The average molecular weight is 172 g/mol. The highest BCUT2D eigenvalue weighted by molar-refractivity contribution is 5.68. The lowest BCUT2D eigenvalue weighted by Crippen LogP contribution is -2.57. The first kappa shape index (κ1) is 9.32. The fraction of sp³-hybridized carbons (Fsp3) is 0.875. The largest absolute Gasteiger partial charge is 0.449 e. The number of carbonyl (C=O) groups is 1. The number of carbonyl (C=O) groups excluding carboxylic acids is 1. The second-order valence-electron chi connectivity index (χ2n) is 3.13. The topological polar surface area (TPSA) is 55.6 Å². The fourth-order valence-corrected chi connectivity index (χ4v) is 1.06. The normalized spacial score (nSPS) is 17.3. The molecule has 0 bridgehead atoms. The Morgan fingerprint density at radius 3 is 2.83 bits per heavy atom. The number of ether oxygens (including phenoxy) is 1. The number of rotatable bonds is 3. The maximum Gasteiger partial charge on any atom is 0.409 e. The van der Waals surface area contributed by atoms with E-state index in [0.717, 1.165) is 12.8 Å². The van der Waals surface area contributed by atoms with E-state index < -0.39 is 0 Å². The summed E-state index contributed by atoms with van der Waals surface area (Å²) in [5.74, 6) is 0. The van der Waals surface area contributed by atoms with Gasteiger partial charge in [0.25, 0.3) is 0 Å². The molecule has 1 heterocycles. The molecule has 1 rings (SSSR count). The zero-order valence-electron chi connectivity index (χ0n) is 7.45. The smallest absolute Gasteiger partial charge is 0.409 e. The van der Waals surface area contributed by atoms with E-state index in [9.17, 15) is 4.79 Å². The Morgan fingerprint density at radius 1 is 1.67 bits per heavy atom. The summed E-state index contributed by atoms with van der Waals surface area (Å²) < 4.78 is 4.97. The van der Waals surface area contributed by atoms with Crippen LogP contribution in [-0.2, 0) is 4.74 Å². The first-order valence-electron chi connectivity index (χ1n) is 4.41. The van der Waals surface area contributed by atoms with Gasteiger partial charge in [-0.2, -0.15) is 0 Å². The monoisotopic (exact) mass is 172 g/mol. The fourth-order valence-electron chi connectivity index (χ4n) is 1.06. The zero-order chi connectivity index (χ0) is 8.97. The Morgan fingerprint density at radius 2 is 2.33 bits per heavy atom. The third-order valence-electron chi connectivity index (χ3n) is 1.89. The summed E-state index contributed by atoms with van der Waals surface area (Å²) in [6.45, 7) is 3.88. The molecule has 2 N–H and O–H groups in total. The Balaban J connectivity index is 2.04. The van der Waals surface area contributed by atoms with Crippen LogP contribution in [0.2, 0.25) is 0 Å². The molecular weight excluding hydrogens is 156 g/mol. The van der Waals surface area contributed by atoms with Crippen LogP contribution < -0.4 is 5.73 Å². The van der Waals surface area contributed by atoms with Gasteiger partial charge in [-0.15, -0.1) is 0 Å². The van der Waals surface area contributed by atoms with E-state index in [4.69, 9.17) is 10.5 Å². The van der Waals surface area contributed by atoms with Gasteiger partial charge in [-0.1, -0.05) is 13.3 Å². The van der Waals surface area contributed by atoms with Crippen LogP contribution in [0.15, 0.2) is 0 Å². The summed E-state index contributed by atoms with van der Waals surface area (Å²) in [4.78, 5) is 12.7. The molecule has 12 heavy (non-hydrogen) atoms. The van der Waals surface area contributed by atoms with Crippen molar-refractivity contribution in [2.45, 2.75) is 25.8 Å². The van der Waals surface area contributed by atoms with Gasteiger partial charge in [0.15, 0.2) is 0 Å². The minimum absolute atomic E-state index is 0.156. The van der Waals surface area contributed by atoms with Gasteiger partial charge in [-0.3, -0.25) is 0 Å². The molecule has 0 aromatic heterocycles. The Hall–Kier alpha value is -0.770. The van der Waals surface area contributed by atoms with Gasteiger partial charge in [-0.05, 0) is 6.42 Å². The maximum absolute atomic E-state index is 11.1. The summed E-state index contributed by atoms with van der Waals surface area (Å²) in [6.07, 6.45) is 1.77. The predicted molar refractivity (Wildman–Crippen MR) is 45.8 cm³/mol. The molecule has 1 aliphatic rings. The number of nitrogens with zero attached hydrogens (tertiary/aromatic N) is 1. The van der Waals surface area contributed by atoms with Crippen molar-refractivity contribution in [2.24, 2.45) is 5.73 Å².